The minimum atomic E-state index is -1.32. The summed E-state index contributed by atoms with van der Waals surface area (Å²) in [4.78, 5) is 47.8. The van der Waals surface area contributed by atoms with Crippen molar-refractivity contribution in [3.8, 4) is 5.75 Å². The van der Waals surface area contributed by atoms with Crippen LogP contribution in [-0.4, -0.2) is 88.8 Å². The highest BCUT2D eigenvalue weighted by atomic mass is 16.5. The van der Waals surface area contributed by atoms with Crippen LogP contribution in [0.2, 0.25) is 0 Å². The van der Waals surface area contributed by atoms with E-state index in [1.165, 1.54) is 4.90 Å². The summed E-state index contributed by atoms with van der Waals surface area (Å²) in [6, 6.07) is 5.76. The zero-order valence-electron chi connectivity index (χ0n) is 23.9. The number of anilines is 1. The molecule has 3 amide bonds. The van der Waals surface area contributed by atoms with Crippen LogP contribution >= 0.6 is 0 Å². The summed E-state index contributed by atoms with van der Waals surface area (Å²) < 4.78 is 12.4. The first-order chi connectivity index (χ1) is 19.2. The zero-order valence-corrected chi connectivity index (χ0v) is 23.9. The van der Waals surface area contributed by atoms with E-state index < -0.39 is 35.1 Å². The number of unbranched alkanes of at least 4 members (excludes halogenated alkanes) is 2. The molecule has 5 rings (SSSR count). The number of hydrogen-bond donors (Lipinski definition) is 1. The molecule has 1 aromatic rings. The summed E-state index contributed by atoms with van der Waals surface area (Å²) in [7, 11) is 0. The fraction of sp³-hybridized carbons (Fsp3) is 0.581. The molecule has 0 saturated carbocycles. The van der Waals surface area contributed by atoms with Crippen molar-refractivity contribution in [3.05, 3.63) is 48.6 Å². The first kappa shape index (κ1) is 28.4. The molecule has 0 aliphatic carbocycles. The molecule has 1 spiro atoms. The number of nitrogens with zero attached hydrogens (tertiary/aromatic N) is 3. The number of amides is 3. The Morgan fingerprint density at radius 2 is 1.73 bits per heavy atom. The minimum Gasteiger partial charge on any atom is -0.494 e. The van der Waals surface area contributed by atoms with Crippen LogP contribution in [0, 0.1) is 11.8 Å². The summed E-state index contributed by atoms with van der Waals surface area (Å²) in [6.07, 6.45) is 10.4. The van der Waals surface area contributed by atoms with Crippen molar-refractivity contribution in [2.75, 3.05) is 37.7 Å². The smallest absolute Gasteiger partial charge is 0.249 e. The molecule has 2 fully saturated rings. The molecule has 6 atom stereocenters. The lowest BCUT2D eigenvalue weighted by molar-refractivity contribution is -0.153. The van der Waals surface area contributed by atoms with E-state index in [2.05, 4.69) is 6.92 Å². The number of ether oxygens (including phenoxy) is 2. The number of likely N-dealkylation sites (tertiary alicyclic amines) is 1. The van der Waals surface area contributed by atoms with Crippen molar-refractivity contribution in [1.82, 2.24) is 9.80 Å². The number of carbonyl (C=O) groups excluding carboxylic acids is 3. The van der Waals surface area contributed by atoms with Gasteiger partial charge in [0, 0.05) is 25.3 Å². The highest BCUT2D eigenvalue weighted by Crippen LogP contribution is 2.58. The van der Waals surface area contributed by atoms with Gasteiger partial charge in [-0.15, -0.1) is 0 Å². The second-order valence-electron chi connectivity index (χ2n) is 11.4. The monoisotopic (exact) mass is 551 g/mol. The summed E-state index contributed by atoms with van der Waals surface area (Å²) in [5, 5.41) is 10.1. The topological polar surface area (TPSA) is 99.6 Å². The zero-order chi connectivity index (χ0) is 28.7. The lowest BCUT2D eigenvalue weighted by Gasteiger charge is -2.39. The van der Waals surface area contributed by atoms with Crippen LogP contribution in [0.15, 0.2) is 48.6 Å². The van der Waals surface area contributed by atoms with Crippen LogP contribution < -0.4 is 9.64 Å². The molecule has 0 aromatic heterocycles. The van der Waals surface area contributed by atoms with Gasteiger partial charge in [0.15, 0.2) is 0 Å². The van der Waals surface area contributed by atoms with Crippen LogP contribution in [0.5, 0.6) is 5.75 Å². The molecule has 1 aromatic carbocycles. The third-order valence-corrected chi connectivity index (χ3v) is 8.81. The van der Waals surface area contributed by atoms with E-state index in [1.54, 1.807) is 16.7 Å². The van der Waals surface area contributed by atoms with Crippen molar-refractivity contribution < 1.29 is 29.0 Å². The van der Waals surface area contributed by atoms with Crippen molar-refractivity contribution in [3.63, 3.8) is 0 Å². The molecule has 4 aliphatic heterocycles. The maximum Gasteiger partial charge on any atom is 0.249 e. The van der Waals surface area contributed by atoms with Crippen LogP contribution in [0.3, 0.4) is 0 Å². The van der Waals surface area contributed by atoms with E-state index in [0.29, 0.717) is 37.7 Å². The maximum atomic E-state index is 14.4. The van der Waals surface area contributed by atoms with Gasteiger partial charge in [0.2, 0.25) is 17.7 Å². The van der Waals surface area contributed by atoms with E-state index in [4.69, 9.17) is 9.47 Å². The van der Waals surface area contributed by atoms with Gasteiger partial charge < -0.3 is 29.3 Å². The fourth-order valence-electron chi connectivity index (χ4n) is 6.94. The normalized spacial score (nSPS) is 32.1. The van der Waals surface area contributed by atoms with Gasteiger partial charge in [-0.3, -0.25) is 14.4 Å². The lowest BCUT2D eigenvalue weighted by atomic mass is 9.74. The predicted octanol–water partition coefficient (Wildman–Crippen LogP) is 2.93. The molecule has 40 heavy (non-hydrogen) atoms. The first-order valence-electron chi connectivity index (χ1n) is 14.5. The molecule has 1 unspecified atom stereocenters. The van der Waals surface area contributed by atoms with Crippen LogP contribution in [0.4, 0.5) is 5.69 Å². The number of carbonyl (C=O) groups is 3. The van der Waals surface area contributed by atoms with Crippen LogP contribution in [0.25, 0.3) is 0 Å². The molecule has 1 N–H and O–H groups in total. The molecular weight excluding hydrogens is 510 g/mol. The number of hydrogen-bond acceptors (Lipinski definition) is 6. The Balaban J connectivity index is 1.56. The van der Waals surface area contributed by atoms with E-state index in [-0.39, 0.29) is 24.3 Å². The van der Waals surface area contributed by atoms with Gasteiger partial charge in [0.05, 0.1) is 36.7 Å². The number of rotatable bonds is 9. The highest BCUT2D eigenvalue weighted by Gasteiger charge is 2.75. The van der Waals surface area contributed by atoms with E-state index >= 15 is 0 Å². The molecule has 216 valence electrons. The van der Waals surface area contributed by atoms with Gasteiger partial charge in [-0.2, -0.15) is 0 Å². The van der Waals surface area contributed by atoms with Crippen LogP contribution in [0.1, 0.15) is 47.0 Å². The Kier molecular flexibility index (Phi) is 7.81. The maximum absolute atomic E-state index is 14.4. The van der Waals surface area contributed by atoms with Gasteiger partial charge in [-0.1, -0.05) is 44.1 Å². The predicted molar refractivity (Wildman–Crippen MR) is 151 cm³/mol. The largest absolute Gasteiger partial charge is 0.494 e. The van der Waals surface area contributed by atoms with Crippen molar-refractivity contribution >= 4 is 23.4 Å². The van der Waals surface area contributed by atoms with Gasteiger partial charge in [-0.05, 0) is 51.5 Å². The molecule has 4 aliphatic rings. The molecule has 2 saturated heterocycles. The number of fused-ring (bicyclic) bond motifs is 2. The second-order valence-corrected chi connectivity index (χ2v) is 11.4. The van der Waals surface area contributed by atoms with Crippen molar-refractivity contribution in [1.29, 1.82) is 0 Å². The highest BCUT2D eigenvalue weighted by molar-refractivity contribution is 6.04. The van der Waals surface area contributed by atoms with Crippen LogP contribution in [-0.2, 0) is 19.1 Å². The Morgan fingerprint density at radius 3 is 2.40 bits per heavy atom. The Morgan fingerprint density at radius 1 is 1.00 bits per heavy atom. The molecule has 4 heterocycles. The SMILES string of the molecule is CCCCCN1CC=C[C@]23O[C@]4(C)C=CCN(c5ccc(OCC)cc5)C(=O)[C@@H]4[C@H]2C(=O)N([C@H](C)CO)C3C1=O. The summed E-state index contributed by atoms with van der Waals surface area (Å²) in [6.45, 7) is 9.16. The fourth-order valence-corrected chi connectivity index (χ4v) is 6.94. The van der Waals surface area contributed by atoms with Gasteiger partial charge >= 0.3 is 0 Å². The summed E-state index contributed by atoms with van der Waals surface area (Å²) >= 11 is 0. The third kappa shape index (κ3) is 4.43. The van der Waals surface area contributed by atoms with Gasteiger partial charge in [0.1, 0.15) is 17.4 Å². The quantitative estimate of drug-likeness (QED) is 0.374. The lowest BCUT2D eigenvalue weighted by Crippen LogP contribution is -2.58. The first-order valence-corrected chi connectivity index (χ1v) is 14.5. The third-order valence-electron chi connectivity index (χ3n) is 8.81. The second kappa shape index (κ2) is 11.0. The van der Waals surface area contributed by atoms with Crippen molar-refractivity contribution in [2.24, 2.45) is 11.8 Å². The molecular formula is C31H41N3O6. The van der Waals surface area contributed by atoms with Crippen molar-refractivity contribution in [2.45, 2.75) is 70.2 Å². The van der Waals surface area contributed by atoms with Gasteiger partial charge in [0.25, 0.3) is 0 Å². The average molecular weight is 552 g/mol. The number of benzene rings is 1. The molecule has 0 radical (unpaired) electrons. The number of aliphatic hydroxyl groups excluding tert-OH is 1. The Labute approximate surface area is 236 Å². The molecule has 9 nitrogen and oxygen atoms in total. The Hall–Kier alpha value is -3.17. The summed E-state index contributed by atoms with van der Waals surface area (Å²) in [5.74, 6) is -1.80. The molecule has 0 bridgehead atoms. The number of aliphatic hydroxyl groups is 1. The standard InChI is InChI=1S/C31H41N3O6/c1-5-7-8-17-32-18-10-16-31-25(28(37)34(21(3)20-35)26(31)29(32)38)24-27(36)33(19-9-15-30(24,4)40-31)22-11-13-23(14-12-22)39-6-2/h9-16,21,24-26,35H,5-8,17-20H2,1-4H3/t21-,24+,25+,26?,30-,31+/m1/s1. The Bertz CT molecular complexity index is 1200. The van der Waals surface area contributed by atoms with E-state index in [0.717, 1.165) is 19.3 Å². The summed E-state index contributed by atoms with van der Waals surface area (Å²) in [5.41, 5.74) is -1.72. The minimum absolute atomic E-state index is 0.197. The van der Waals surface area contributed by atoms with E-state index in [1.807, 2.05) is 62.4 Å². The average Bonchev–Trinajstić information content (AvgIpc) is 3.22. The van der Waals surface area contributed by atoms with E-state index in [9.17, 15) is 19.5 Å². The molecule has 9 heteroatoms. The van der Waals surface area contributed by atoms with Gasteiger partial charge in [-0.25, -0.2) is 0 Å².